The van der Waals surface area contributed by atoms with E-state index in [2.05, 4.69) is 25.8 Å². The molecule has 0 saturated carbocycles. The van der Waals surface area contributed by atoms with Crippen molar-refractivity contribution in [2.24, 2.45) is 0 Å². The molecule has 0 spiro atoms. The van der Waals surface area contributed by atoms with Gasteiger partial charge in [0.2, 0.25) is 5.58 Å². The van der Waals surface area contributed by atoms with Crippen LogP contribution in [0.4, 0.5) is 21.6 Å². The summed E-state index contributed by atoms with van der Waals surface area (Å²) < 4.78 is 20.0. The normalized spacial score (nSPS) is 10.9. The lowest BCUT2D eigenvalue weighted by Crippen LogP contribution is -2.06. The van der Waals surface area contributed by atoms with Crippen molar-refractivity contribution in [3.8, 4) is 0 Å². The Morgan fingerprint density at radius 1 is 1.07 bits per heavy atom. The predicted molar refractivity (Wildman–Crippen MR) is 103 cm³/mol. The molecule has 0 fully saturated rings. The SMILES string of the molecule is Cc1ccc(Nc2noc3c(F)c(NCCc4ccncc4)ccc23)cn1. The van der Waals surface area contributed by atoms with E-state index in [1.165, 1.54) is 0 Å². The molecular weight excluding hydrogens is 345 g/mol. The van der Waals surface area contributed by atoms with E-state index in [9.17, 15) is 4.39 Å². The minimum atomic E-state index is -0.454. The molecule has 7 heteroatoms. The zero-order valence-corrected chi connectivity index (χ0v) is 14.7. The first-order chi connectivity index (χ1) is 13.2. The van der Waals surface area contributed by atoms with E-state index < -0.39 is 5.82 Å². The highest BCUT2D eigenvalue weighted by Crippen LogP contribution is 2.31. The minimum Gasteiger partial charge on any atom is -0.382 e. The molecule has 0 radical (unpaired) electrons. The lowest BCUT2D eigenvalue weighted by molar-refractivity contribution is 0.444. The van der Waals surface area contributed by atoms with Gasteiger partial charge in [-0.05, 0) is 55.3 Å². The fraction of sp³-hybridized carbons (Fsp3) is 0.150. The Kier molecular flexibility index (Phi) is 4.65. The van der Waals surface area contributed by atoms with Gasteiger partial charge in [0.25, 0.3) is 0 Å². The average Bonchev–Trinajstić information content (AvgIpc) is 3.10. The fourth-order valence-corrected chi connectivity index (χ4v) is 2.77. The molecule has 0 aliphatic carbocycles. The topological polar surface area (TPSA) is 75.9 Å². The first-order valence-electron chi connectivity index (χ1n) is 8.61. The van der Waals surface area contributed by atoms with E-state index in [4.69, 9.17) is 4.52 Å². The van der Waals surface area contributed by atoms with Crippen LogP contribution in [0.1, 0.15) is 11.3 Å². The van der Waals surface area contributed by atoms with Crippen LogP contribution in [-0.2, 0) is 6.42 Å². The summed E-state index contributed by atoms with van der Waals surface area (Å²) in [6, 6.07) is 11.1. The Balaban J connectivity index is 1.50. The van der Waals surface area contributed by atoms with Crippen molar-refractivity contribution >= 4 is 28.2 Å². The molecule has 0 unspecified atom stereocenters. The first kappa shape index (κ1) is 17.0. The molecule has 27 heavy (non-hydrogen) atoms. The Labute approximate surface area is 155 Å². The predicted octanol–water partition coefficient (Wildman–Crippen LogP) is 4.46. The highest BCUT2D eigenvalue weighted by Gasteiger charge is 2.16. The van der Waals surface area contributed by atoms with Gasteiger partial charge in [0.15, 0.2) is 11.6 Å². The summed E-state index contributed by atoms with van der Waals surface area (Å²) in [6.45, 7) is 2.51. The number of nitrogens with one attached hydrogen (secondary N) is 2. The number of aryl methyl sites for hydroxylation is 1. The van der Waals surface area contributed by atoms with Gasteiger partial charge in [0.05, 0.1) is 23.0 Å². The van der Waals surface area contributed by atoms with Crippen molar-refractivity contribution in [2.75, 3.05) is 17.2 Å². The van der Waals surface area contributed by atoms with Crippen LogP contribution < -0.4 is 10.6 Å². The second kappa shape index (κ2) is 7.41. The zero-order chi connectivity index (χ0) is 18.6. The van der Waals surface area contributed by atoms with Crippen LogP contribution in [0, 0.1) is 12.7 Å². The molecular formula is C20H18FN5O. The van der Waals surface area contributed by atoms with Crippen molar-refractivity contribution in [3.63, 3.8) is 0 Å². The number of benzene rings is 1. The molecule has 0 aliphatic rings. The summed E-state index contributed by atoms with van der Waals surface area (Å²) in [6.07, 6.45) is 5.95. The third kappa shape index (κ3) is 3.72. The van der Waals surface area contributed by atoms with Crippen molar-refractivity contribution < 1.29 is 8.91 Å². The van der Waals surface area contributed by atoms with Crippen LogP contribution in [0.3, 0.4) is 0 Å². The highest BCUT2D eigenvalue weighted by molar-refractivity contribution is 5.92. The quantitative estimate of drug-likeness (QED) is 0.527. The van der Waals surface area contributed by atoms with Gasteiger partial charge in [-0.25, -0.2) is 4.39 Å². The van der Waals surface area contributed by atoms with Crippen LogP contribution in [0.25, 0.3) is 11.0 Å². The van der Waals surface area contributed by atoms with Gasteiger partial charge in [-0.3, -0.25) is 9.97 Å². The van der Waals surface area contributed by atoms with Crippen LogP contribution in [0.15, 0.2) is 59.5 Å². The van der Waals surface area contributed by atoms with Crippen LogP contribution >= 0.6 is 0 Å². The number of hydrogen-bond acceptors (Lipinski definition) is 6. The smallest absolute Gasteiger partial charge is 0.206 e. The van der Waals surface area contributed by atoms with E-state index in [1.807, 2.05) is 31.2 Å². The summed E-state index contributed by atoms with van der Waals surface area (Å²) in [4.78, 5) is 8.21. The zero-order valence-electron chi connectivity index (χ0n) is 14.7. The molecule has 1 aromatic carbocycles. The van der Waals surface area contributed by atoms with E-state index in [0.717, 1.165) is 23.4 Å². The molecule has 0 bridgehead atoms. The number of anilines is 3. The molecule has 3 aromatic heterocycles. The molecule has 0 aliphatic heterocycles. The number of rotatable bonds is 6. The van der Waals surface area contributed by atoms with Gasteiger partial charge in [-0.2, -0.15) is 0 Å². The molecule has 2 N–H and O–H groups in total. The third-order valence-corrected chi connectivity index (χ3v) is 4.23. The molecule has 4 rings (SSSR count). The van der Waals surface area contributed by atoms with Gasteiger partial charge < -0.3 is 15.2 Å². The van der Waals surface area contributed by atoms with Crippen LogP contribution in [-0.4, -0.2) is 21.7 Å². The number of pyridine rings is 2. The first-order valence-corrected chi connectivity index (χ1v) is 8.61. The molecule has 0 atom stereocenters. The van der Waals surface area contributed by atoms with Crippen molar-refractivity contribution in [1.82, 2.24) is 15.1 Å². The van der Waals surface area contributed by atoms with Gasteiger partial charge in [0.1, 0.15) is 0 Å². The molecule has 0 amide bonds. The van der Waals surface area contributed by atoms with Gasteiger partial charge in [-0.15, -0.1) is 0 Å². The summed E-state index contributed by atoms with van der Waals surface area (Å²) in [5.74, 6) is 0.00250. The second-order valence-corrected chi connectivity index (χ2v) is 6.18. The van der Waals surface area contributed by atoms with Crippen molar-refractivity contribution in [3.05, 3.63) is 72.1 Å². The van der Waals surface area contributed by atoms with Crippen LogP contribution in [0.5, 0.6) is 0 Å². The Morgan fingerprint density at radius 2 is 1.93 bits per heavy atom. The maximum Gasteiger partial charge on any atom is 0.206 e. The van der Waals surface area contributed by atoms with E-state index >= 15 is 0 Å². The summed E-state index contributed by atoms with van der Waals surface area (Å²) in [5.41, 5.74) is 3.31. The molecule has 4 aromatic rings. The highest BCUT2D eigenvalue weighted by atomic mass is 19.1. The maximum atomic E-state index is 14.8. The van der Waals surface area contributed by atoms with Gasteiger partial charge >= 0.3 is 0 Å². The maximum absolute atomic E-state index is 14.8. The van der Waals surface area contributed by atoms with Crippen LogP contribution in [0.2, 0.25) is 0 Å². The Bertz CT molecular complexity index is 1050. The fourth-order valence-electron chi connectivity index (χ4n) is 2.77. The lowest BCUT2D eigenvalue weighted by Gasteiger charge is -2.08. The van der Waals surface area contributed by atoms with E-state index in [1.54, 1.807) is 30.7 Å². The van der Waals surface area contributed by atoms with E-state index in [0.29, 0.717) is 23.4 Å². The molecule has 136 valence electrons. The summed E-state index contributed by atoms with van der Waals surface area (Å²) in [7, 11) is 0. The van der Waals surface area contributed by atoms with Crippen molar-refractivity contribution in [1.29, 1.82) is 0 Å². The number of fused-ring (bicyclic) bond motifs is 1. The summed E-state index contributed by atoms with van der Waals surface area (Å²) in [5, 5.41) is 10.7. The average molecular weight is 363 g/mol. The van der Waals surface area contributed by atoms with Gasteiger partial charge in [0, 0.05) is 24.6 Å². The Hall–Kier alpha value is -3.48. The standard InChI is InChI=1S/C20H18FN5O/c1-13-2-3-15(12-24-13)25-20-16-4-5-17(18(21)19(16)27-26-20)23-11-8-14-6-9-22-10-7-14/h2-7,9-10,12,23H,8,11H2,1H3,(H,25,26). The number of halogens is 1. The largest absolute Gasteiger partial charge is 0.382 e. The lowest BCUT2D eigenvalue weighted by atomic mass is 10.2. The molecule has 3 heterocycles. The third-order valence-electron chi connectivity index (χ3n) is 4.23. The number of hydrogen-bond donors (Lipinski definition) is 2. The second-order valence-electron chi connectivity index (χ2n) is 6.18. The monoisotopic (exact) mass is 363 g/mol. The minimum absolute atomic E-state index is 0.117. The number of nitrogens with zero attached hydrogens (tertiary/aromatic N) is 3. The number of aromatic nitrogens is 3. The summed E-state index contributed by atoms with van der Waals surface area (Å²) >= 11 is 0. The Morgan fingerprint density at radius 3 is 2.70 bits per heavy atom. The molecule has 6 nitrogen and oxygen atoms in total. The van der Waals surface area contributed by atoms with Gasteiger partial charge in [-0.1, -0.05) is 5.16 Å². The molecule has 0 saturated heterocycles. The van der Waals surface area contributed by atoms with Crippen molar-refractivity contribution in [2.45, 2.75) is 13.3 Å². The van der Waals surface area contributed by atoms with E-state index in [-0.39, 0.29) is 5.58 Å².